The monoisotopic (exact) mass is 403 g/mol. The van der Waals surface area contributed by atoms with Gasteiger partial charge in [-0.3, -0.25) is 4.79 Å². The van der Waals surface area contributed by atoms with Crippen molar-refractivity contribution in [2.45, 2.75) is 24.8 Å². The zero-order valence-electron chi connectivity index (χ0n) is 16.3. The highest BCUT2D eigenvalue weighted by molar-refractivity contribution is 8.03. The third-order valence-corrected chi connectivity index (χ3v) is 6.12. The number of aromatic nitrogens is 1. The lowest BCUT2D eigenvalue weighted by atomic mass is 10.1. The van der Waals surface area contributed by atoms with Gasteiger partial charge in [-0.05, 0) is 36.8 Å². The van der Waals surface area contributed by atoms with E-state index in [-0.39, 0.29) is 6.42 Å². The predicted molar refractivity (Wildman–Crippen MR) is 119 cm³/mol. The van der Waals surface area contributed by atoms with E-state index in [0.717, 1.165) is 23.0 Å². The van der Waals surface area contributed by atoms with E-state index in [1.165, 1.54) is 15.6 Å². The molecule has 0 saturated heterocycles. The minimum absolute atomic E-state index is 0.112. The molecule has 0 bridgehead atoms. The fourth-order valence-corrected chi connectivity index (χ4v) is 4.74. The number of allylic oxidation sites excluding steroid dienone is 2. The zero-order valence-corrected chi connectivity index (χ0v) is 17.1. The first-order valence-corrected chi connectivity index (χ1v) is 10.5. The molecule has 0 fully saturated rings. The average Bonchev–Trinajstić information content (AvgIpc) is 3.10. The number of rotatable bonds is 6. The van der Waals surface area contributed by atoms with Gasteiger partial charge in [-0.1, -0.05) is 48.2 Å². The molecule has 1 aliphatic rings. The SMILES string of the molecule is CCN1C(=CC=Cc2cc[n+](CCC(=O)O)c3ccccc23)Sc2ccccc21. The van der Waals surface area contributed by atoms with Crippen LogP contribution < -0.4 is 9.47 Å². The van der Waals surface area contributed by atoms with Crippen molar-refractivity contribution in [1.29, 1.82) is 0 Å². The summed E-state index contributed by atoms with van der Waals surface area (Å²) in [4.78, 5) is 14.6. The molecule has 0 saturated carbocycles. The summed E-state index contributed by atoms with van der Waals surface area (Å²) in [6.07, 6.45) is 8.46. The fraction of sp³-hybridized carbons (Fsp3) is 0.167. The van der Waals surface area contributed by atoms with Gasteiger partial charge >= 0.3 is 5.97 Å². The third-order valence-electron chi connectivity index (χ3n) is 4.99. The molecular formula is C24H23N2O2S+. The zero-order chi connectivity index (χ0) is 20.2. The number of fused-ring (bicyclic) bond motifs is 2. The van der Waals surface area contributed by atoms with Crippen LogP contribution in [0, 0.1) is 0 Å². The summed E-state index contributed by atoms with van der Waals surface area (Å²) >= 11 is 1.80. The van der Waals surface area contributed by atoms with Gasteiger partial charge in [0.2, 0.25) is 5.52 Å². The largest absolute Gasteiger partial charge is 0.481 e. The highest BCUT2D eigenvalue weighted by Gasteiger charge is 2.22. The second-order valence-electron chi connectivity index (χ2n) is 6.80. The molecule has 0 radical (unpaired) electrons. The van der Waals surface area contributed by atoms with E-state index in [0.29, 0.717) is 6.54 Å². The Hall–Kier alpha value is -3.05. The van der Waals surface area contributed by atoms with Gasteiger partial charge in [-0.15, -0.1) is 0 Å². The van der Waals surface area contributed by atoms with Crippen molar-refractivity contribution in [3.63, 3.8) is 0 Å². The van der Waals surface area contributed by atoms with E-state index in [4.69, 9.17) is 5.11 Å². The summed E-state index contributed by atoms with van der Waals surface area (Å²) in [7, 11) is 0. The van der Waals surface area contributed by atoms with Crippen LogP contribution >= 0.6 is 11.8 Å². The molecule has 0 spiro atoms. The molecule has 0 amide bonds. The molecular weight excluding hydrogens is 380 g/mol. The van der Waals surface area contributed by atoms with Crippen molar-refractivity contribution in [3.8, 4) is 0 Å². The number of nitrogens with zero attached hydrogens (tertiary/aromatic N) is 2. The maximum absolute atomic E-state index is 10.9. The highest BCUT2D eigenvalue weighted by atomic mass is 32.2. The van der Waals surface area contributed by atoms with Crippen molar-refractivity contribution < 1.29 is 14.5 Å². The van der Waals surface area contributed by atoms with Crippen molar-refractivity contribution in [3.05, 3.63) is 83.5 Å². The number of benzene rings is 2. The van der Waals surface area contributed by atoms with E-state index in [2.05, 4.69) is 60.4 Å². The van der Waals surface area contributed by atoms with Crippen molar-refractivity contribution >= 4 is 40.4 Å². The molecule has 29 heavy (non-hydrogen) atoms. The number of hydrogen-bond donors (Lipinski definition) is 1. The maximum atomic E-state index is 10.9. The molecule has 0 unspecified atom stereocenters. The summed E-state index contributed by atoms with van der Waals surface area (Å²) in [5.74, 6) is -0.785. The average molecular weight is 404 g/mol. The van der Waals surface area contributed by atoms with Gasteiger partial charge in [0, 0.05) is 23.6 Å². The Labute approximate surface area is 174 Å². The van der Waals surface area contributed by atoms with E-state index in [9.17, 15) is 4.79 Å². The van der Waals surface area contributed by atoms with Crippen LogP contribution in [0.25, 0.3) is 17.0 Å². The Bertz CT molecular complexity index is 1120. The topological polar surface area (TPSA) is 44.4 Å². The van der Waals surface area contributed by atoms with Crippen molar-refractivity contribution in [2.75, 3.05) is 11.4 Å². The number of carboxylic acid groups (broad SMARTS) is 1. The second kappa shape index (κ2) is 8.53. The van der Waals surface area contributed by atoms with Crippen molar-refractivity contribution in [2.24, 2.45) is 0 Å². The standard InChI is InChI=1S/C24H22N2O2S/c1-2-26-21-11-5-6-12-22(21)29-23(26)13-7-8-18-14-16-25(17-15-24(27)28)20-10-4-3-9-19(18)20/h3-14,16H,2,15,17H2,1H3/p+1. The van der Waals surface area contributed by atoms with Gasteiger partial charge in [-0.25, -0.2) is 0 Å². The molecule has 4 rings (SSSR count). The van der Waals surface area contributed by atoms with Crippen molar-refractivity contribution in [1.82, 2.24) is 0 Å². The Morgan fingerprint density at radius 3 is 2.76 bits per heavy atom. The Morgan fingerprint density at radius 2 is 1.93 bits per heavy atom. The lowest BCUT2D eigenvalue weighted by molar-refractivity contribution is -0.670. The molecule has 0 atom stereocenters. The van der Waals surface area contributed by atoms with E-state index >= 15 is 0 Å². The summed E-state index contributed by atoms with van der Waals surface area (Å²) in [6.45, 7) is 3.56. The second-order valence-corrected chi connectivity index (χ2v) is 7.87. The lowest BCUT2D eigenvalue weighted by Gasteiger charge is -2.17. The molecule has 2 heterocycles. The Kier molecular flexibility index (Phi) is 5.67. The fourth-order valence-electron chi connectivity index (χ4n) is 3.60. The van der Waals surface area contributed by atoms with E-state index < -0.39 is 5.97 Å². The molecule has 1 aromatic heterocycles. The number of aliphatic carboxylic acids is 1. The number of carbonyl (C=O) groups is 1. The number of aryl methyl sites for hydroxylation is 1. The lowest BCUT2D eigenvalue weighted by Crippen LogP contribution is -2.35. The van der Waals surface area contributed by atoms with Crippen LogP contribution in [0.1, 0.15) is 18.9 Å². The maximum Gasteiger partial charge on any atom is 0.309 e. The van der Waals surface area contributed by atoms with E-state index in [1.54, 1.807) is 11.8 Å². The van der Waals surface area contributed by atoms with Gasteiger partial charge in [0.05, 0.1) is 16.1 Å². The summed E-state index contributed by atoms with van der Waals surface area (Å²) in [6, 6.07) is 18.7. The predicted octanol–water partition coefficient (Wildman–Crippen LogP) is 5.09. The van der Waals surface area contributed by atoms with Gasteiger partial charge < -0.3 is 10.0 Å². The molecule has 3 aromatic rings. The first-order chi connectivity index (χ1) is 14.2. The van der Waals surface area contributed by atoms with Crippen LogP contribution in [0.5, 0.6) is 0 Å². The van der Waals surface area contributed by atoms with Crippen LogP contribution in [0.2, 0.25) is 0 Å². The van der Waals surface area contributed by atoms with Gasteiger partial charge in [0.1, 0.15) is 6.42 Å². The molecule has 2 aromatic carbocycles. The smallest absolute Gasteiger partial charge is 0.309 e. The highest BCUT2D eigenvalue weighted by Crippen LogP contribution is 2.45. The first kappa shape index (κ1) is 19.3. The number of hydrogen-bond acceptors (Lipinski definition) is 3. The van der Waals surface area contributed by atoms with Crippen LogP contribution in [-0.2, 0) is 11.3 Å². The molecule has 1 aliphatic heterocycles. The van der Waals surface area contributed by atoms with Gasteiger partial charge in [-0.2, -0.15) is 4.57 Å². The third kappa shape index (κ3) is 4.05. The minimum Gasteiger partial charge on any atom is -0.481 e. The van der Waals surface area contributed by atoms with Gasteiger partial charge in [0.15, 0.2) is 12.7 Å². The Morgan fingerprint density at radius 1 is 1.14 bits per heavy atom. The van der Waals surface area contributed by atoms with Crippen LogP contribution in [0.4, 0.5) is 5.69 Å². The number of thioether (sulfide) groups is 1. The van der Waals surface area contributed by atoms with E-state index in [1.807, 2.05) is 35.0 Å². The first-order valence-electron chi connectivity index (χ1n) is 9.73. The number of pyridine rings is 1. The normalized spacial score (nSPS) is 14.8. The molecule has 1 N–H and O–H groups in total. The number of anilines is 1. The Balaban J connectivity index is 1.62. The molecule has 0 aliphatic carbocycles. The summed E-state index contributed by atoms with van der Waals surface area (Å²) < 4.78 is 2.00. The molecule has 4 nitrogen and oxygen atoms in total. The van der Waals surface area contributed by atoms with Crippen LogP contribution in [0.3, 0.4) is 0 Å². The molecule has 146 valence electrons. The molecule has 5 heteroatoms. The summed E-state index contributed by atoms with van der Waals surface area (Å²) in [5, 5.41) is 11.3. The minimum atomic E-state index is -0.785. The quantitative estimate of drug-likeness (QED) is 0.583. The number of carboxylic acids is 1. The van der Waals surface area contributed by atoms with Crippen LogP contribution in [-0.4, -0.2) is 17.6 Å². The summed E-state index contributed by atoms with van der Waals surface area (Å²) in [5.41, 5.74) is 3.43. The van der Waals surface area contributed by atoms with Crippen LogP contribution in [0.15, 0.2) is 82.9 Å². The number of para-hydroxylation sites is 2. The van der Waals surface area contributed by atoms with Gasteiger partial charge in [0.25, 0.3) is 0 Å².